The number of fused-ring (bicyclic) bond motifs is 1. The van der Waals surface area contributed by atoms with Gasteiger partial charge in [-0.2, -0.15) is 0 Å². The molecule has 1 aromatic rings. The minimum absolute atomic E-state index is 0.224. The van der Waals surface area contributed by atoms with E-state index >= 15 is 0 Å². The maximum Gasteiger partial charge on any atom is 0.307 e. The lowest BCUT2D eigenvalue weighted by Gasteiger charge is -2.11. The zero-order valence-electron chi connectivity index (χ0n) is 10.2. The summed E-state index contributed by atoms with van der Waals surface area (Å²) in [5, 5.41) is 11.6. The number of aliphatic carboxylic acids is 1. The van der Waals surface area contributed by atoms with Crippen LogP contribution in [0.4, 0.5) is 4.39 Å². The van der Waals surface area contributed by atoms with Gasteiger partial charge < -0.3 is 15.2 Å². The van der Waals surface area contributed by atoms with Crippen molar-refractivity contribution in [2.24, 2.45) is 11.8 Å². The van der Waals surface area contributed by atoms with Gasteiger partial charge in [-0.05, 0) is 28.4 Å². The summed E-state index contributed by atoms with van der Waals surface area (Å²) in [5.41, 5.74) is 0.694. The number of carboxylic acids is 1. The fraction of sp³-hybridized carbons (Fsp3) is 0.385. The minimum Gasteiger partial charge on any atom is -0.491 e. The summed E-state index contributed by atoms with van der Waals surface area (Å²) < 4.78 is 19.0. The summed E-state index contributed by atoms with van der Waals surface area (Å²) in [5.74, 6) is -2.32. The van der Waals surface area contributed by atoms with Gasteiger partial charge in [0.1, 0.15) is 18.2 Å². The molecular weight excluding hydrogens is 333 g/mol. The molecular formula is C13H11BrFNO4. The van der Waals surface area contributed by atoms with Crippen molar-refractivity contribution in [3.63, 3.8) is 0 Å². The van der Waals surface area contributed by atoms with Crippen molar-refractivity contribution in [3.05, 3.63) is 28.0 Å². The summed E-state index contributed by atoms with van der Waals surface area (Å²) in [4.78, 5) is 22.7. The highest BCUT2D eigenvalue weighted by Gasteiger charge is 2.49. The maximum absolute atomic E-state index is 13.4. The maximum atomic E-state index is 13.4. The van der Waals surface area contributed by atoms with Gasteiger partial charge in [-0.25, -0.2) is 4.39 Å². The van der Waals surface area contributed by atoms with E-state index in [0.717, 1.165) is 0 Å². The van der Waals surface area contributed by atoms with Gasteiger partial charge in [0.25, 0.3) is 0 Å². The first-order valence-corrected chi connectivity index (χ1v) is 6.91. The molecule has 0 radical (unpaired) electrons. The normalized spacial score (nSPS) is 26.6. The van der Waals surface area contributed by atoms with E-state index in [-0.39, 0.29) is 18.6 Å². The highest BCUT2D eigenvalue weighted by Crippen LogP contribution is 2.41. The fourth-order valence-corrected chi connectivity index (χ4v) is 2.72. The standard InChI is InChI=1S/C13H11BrFNO4/c14-8-2-7-10(4-20-11(7)3-9(8)15)16-12(17)5-1-6(5)13(18)19/h2-3,5-6,10H,1,4H2,(H,16,17)(H,18,19). The van der Waals surface area contributed by atoms with Crippen molar-refractivity contribution in [1.29, 1.82) is 0 Å². The predicted molar refractivity (Wildman–Crippen MR) is 69.7 cm³/mol. The monoisotopic (exact) mass is 343 g/mol. The van der Waals surface area contributed by atoms with Gasteiger partial charge in [0, 0.05) is 11.6 Å². The lowest BCUT2D eigenvalue weighted by molar-refractivity contribution is -0.140. The lowest BCUT2D eigenvalue weighted by Crippen LogP contribution is -2.31. The number of carboxylic acid groups (broad SMARTS) is 1. The van der Waals surface area contributed by atoms with E-state index in [9.17, 15) is 14.0 Å². The molecule has 106 valence electrons. The van der Waals surface area contributed by atoms with Gasteiger partial charge in [0.05, 0.1) is 22.4 Å². The first kappa shape index (κ1) is 13.4. The number of carbonyl (C=O) groups is 2. The van der Waals surface area contributed by atoms with E-state index in [0.29, 0.717) is 22.2 Å². The van der Waals surface area contributed by atoms with Crippen LogP contribution in [0.2, 0.25) is 0 Å². The zero-order valence-corrected chi connectivity index (χ0v) is 11.8. The number of nitrogens with one attached hydrogen (secondary N) is 1. The predicted octanol–water partition coefficient (Wildman–Crippen LogP) is 1.86. The third-order valence-corrected chi connectivity index (χ3v) is 4.20. The quantitative estimate of drug-likeness (QED) is 0.878. The molecule has 0 saturated heterocycles. The molecule has 2 aliphatic rings. The Morgan fingerprint density at radius 1 is 1.40 bits per heavy atom. The SMILES string of the molecule is O=C(O)C1CC1C(=O)NC1COc2cc(F)c(Br)cc21. The average molecular weight is 344 g/mol. The molecule has 3 atom stereocenters. The van der Waals surface area contributed by atoms with E-state index in [2.05, 4.69) is 21.2 Å². The van der Waals surface area contributed by atoms with Gasteiger partial charge in [-0.1, -0.05) is 0 Å². The molecule has 1 saturated carbocycles. The Hall–Kier alpha value is -1.63. The molecule has 3 rings (SSSR count). The number of benzene rings is 1. The van der Waals surface area contributed by atoms with Crippen molar-refractivity contribution < 1.29 is 23.8 Å². The summed E-state index contributed by atoms with van der Waals surface area (Å²) in [6.45, 7) is 0.224. The molecule has 1 heterocycles. The Labute approximate surface area is 122 Å². The van der Waals surface area contributed by atoms with Crippen LogP contribution < -0.4 is 10.1 Å². The largest absolute Gasteiger partial charge is 0.491 e. The molecule has 0 bridgehead atoms. The molecule has 5 nitrogen and oxygen atoms in total. The second kappa shape index (κ2) is 4.73. The molecule has 20 heavy (non-hydrogen) atoms. The number of ether oxygens (including phenoxy) is 1. The van der Waals surface area contributed by atoms with E-state index in [1.807, 2.05) is 0 Å². The lowest BCUT2D eigenvalue weighted by atomic mass is 10.1. The van der Waals surface area contributed by atoms with Crippen molar-refractivity contribution in [3.8, 4) is 5.75 Å². The summed E-state index contributed by atoms with van der Waals surface area (Å²) in [6, 6.07) is 2.47. The summed E-state index contributed by atoms with van der Waals surface area (Å²) in [7, 11) is 0. The Kier molecular flexibility index (Phi) is 3.16. The number of hydrogen-bond acceptors (Lipinski definition) is 3. The molecule has 1 amide bonds. The first-order chi connectivity index (χ1) is 9.47. The van der Waals surface area contributed by atoms with Crippen molar-refractivity contribution in [2.75, 3.05) is 6.61 Å². The van der Waals surface area contributed by atoms with Crippen LogP contribution in [0.25, 0.3) is 0 Å². The van der Waals surface area contributed by atoms with E-state index in [1.165, 1.54) is 6.07 Å². The highest BCUT2D eigenvalue weighted by atomic mass is 79.9. The van der Waals surface area contributed by atoms with E-state index in [1.54, 1.807) is 6.07 Å². The van der Waals surface area contributed by atoms with Crippen LogP contribution >= 0.6 is 15.9 Å². The van der Waals surface area contributed by atoms with Gasteiger partial charge >= 0.3 is 5.97 Å². The van der Waals surface area contributed by atoms with Crippen LogP contribution in [0.5, 0.6) is 5.75 Å². The molecule has 0 aromatic heterocycles. The van der Waals surface area contributed by atoms with Crippen LogP contribution in [0.1, 0.15) is 18.0 Å². The van der Waals surface area contributed by atoms with Gasteiger partial charge in [-0.15, -0.1) is 0 Å². The van der Waals surface area contributed by atoms with Crippen LogP contribution in [-0.4, -0.2) is 23.6 Å². The molecule has 1 aromatic carbocycles. The number of amides is 1. The molecule has 1 aliphatic carbocycles. The average Bonchev–Trinajstić information content (AvgIpc) is 3.11. The number of halogens is 2. The Morgan fingerprint density at radius 3 is 2.80 bits per heavy atom. The Morgan fingerprint density at radius 2 is 2.15 bits per heavy atom. The second-order valence-corrected chi connectivity index (χ2v) is 5.82. The van der Waals surface area contributed by atoms with Crippen LogP contribution in [0, 0.1) is 17.7 Å². The van der Waals surface area contributed by atoms with Crippen LogP contribution in [0.3, 0.4) is 0 Å². The number of carbonyl (C=O) groups excluding carboxylic acids is 1. The zero-order chi connectivity index (χ0) is 14.4. The number of rotatable bonds is 3. The van der Waals surface area contributed by atoms with E-state index < -0.39 is 23.6 Å². The molecule has 1 fully saturated rings. The van der Waals surface area contributed by atoms with Crippen LogP contribution in [-0.2, 0) is 9.59 Å². The fourth-order valence-electron chi connectivity index (χ4n) is 2.36. The second-order valence-electron chi connectivity index (χ2n) is 4.96. The molecule has 0 spiro atoms. The third-order valence-electron chi connectivity index (χ3n) is 3.59. The summed E-state index contributed by atoms with van der Waals surface area (Å²) in [6.07, 6.45) is 0.370. The van der Waals surface area contributed by atoms with Crippen molar-refractivity contribution in [2.45, 2.75) is 12.5 Å². The summed E-state index contributed by atoms with van der Waals surface area (Å²) >= 11 is 3.09. The molecule has 1 aliphatic heterocycles. The van der Waals surface area contributed by atoms with Gasteiger partial charge in [0.2, 0.25) is 5.91 Å². The third kappa shape index (κ3) is 2.26. The Balaban J connectivity index is 1.71. The van der Waals surface area contributed by atoms with Gasteiger partial charge in [0.15, 0.2) is 0 Å². The topological polar surface area (TPSA) is 75.6 Å². The molecule has 2 N–H and O–H groups in total. The van der Waals surface area contributed by atoms with E-state index in [4.69, 9.17) is 9.84 Å². The van der Waals surface area contributed by atoms with Crippen molar-refractivity contribution >= 4 is 27.8 Å². The molecule has 7 heteroatoms. The highest BCUT2D eigenvalue weighted by molar-refractivity contribution is 9.10. The van der Waals surface area contributed by atoms with Crippen LogP contribution in [0.15, 0.2) is 16.6 Å². The number of hydrogen-bond donors (Lipinski definition) is 2. The smallest absolute Gasteiger partial charge is 0.307 e. The Bertz CT molecular complexity index is 606. The first-order valence-electron chi connectivity index (χ1n) is 6.12. The molecule has 3 unspecified atom stereocenters. The van der Waals surface area contributed by atoms with Crippen molar-refractivity contribution in [1.82, 2.24) is 5.32 Å². The minimum atomic E-state index is -0.946. The van der Waals surface area contributed by atoms with Gasteiger partial charge in [-0.3, -0.25) is 9.59 Å².